The second-order valence-corrected chi connectivity index (χ2v) is 11.5. The van der Waals surface area contributed by atoms with Crippen LogP contribution >= 0.6 is 0 Å². The minimum absolute atomic E-state index is 0.000879. The summed E-state index contributed by atoms with van der Waals surface area (Å²) in [5.74, 6) is -0.000188. The third kappa shape index (κ3) is 4.40. The highest BCUT2D eigenvalue weighted by molar-refractivity contribution is 6.04. The number of carbonyl (C=O) groups excluding carboxylic acids is 2. The first-order chi connectivity index (χ1) is 19.4. The molecule has 0 aliphatic carbocycles. The Morgan fingerprint density at radius 2 is 1.62 bits per heavy atom. The minimum atomic E-state index is -0.558. The third-order valence-electron chi connectivity index (χ3n) is 8.91. The van der Waals surface area contributed by atoms with Crippen LogP contribution in [-0.4, -0.2) is 70.8 Å². The summed E-state index contributed by atoms with van der Waals surface area (Å²) in [5, 5.41) is 1.08. The number of H-pyrrole nitrogens is 1. The summed E-state index contributed by atoms with van der Waals surface area (Å²) in [4.78, 5) is 38.6. The lowest BCUT2D eigenvalue weighted by molar-refractivity contribution is -0.140. The molecule has 2 aliphatic heterocycles. The lowest BCUT2D eigenvalue weighted by atomic mass is 9.90. The van der Waals surface area contributed by atoms with Crippen molar-refractivity contribution < 1.29 is 9.59 Å². The number of fused-ring (bicyclic) bond motifs is 2. The van der Waals surface area contributed by atoms with E-state index in [2.05, 4.69) is 80.2 Å². The van der Waals surface area contributed by atoms with E-state index in [1.165, 1.54) is 5.56 Å². The van der Waals surface area contributed by atoms with Gasteiger partial charge in [-0.05, 0) is 43.1 Å². The number of nitrogens with one attached hydrogen (secondary N) is 1. The number of hydrogen-bond donors (Lipinski definition) is 1. The van der Waals surface area contributed by atoms with Gasteiger partial charge in [0.2, 0.25) is 5.91 Å². The molecule has 2 amide bonds. The predicted octanol–water partition coefficient (Wildman–Crippen LogP) is 5.88. The number of carbonyl (C=O) groups is 2. The molecule has 4 aromatic rings. The number of hydrogen-bond acceptors (Lipinski definition) is 3. The van der Waals surface area contributed by atoms with E-state index >= 15 is 0 Å². The standard InChI is InChI=1S/C34H38N4O2/c1-5-23(3)31(34(40)37-20-18-36(4)19-21-37)38-32(25-10-6-7-11-26(25)33(38)39)29-27-12-8-9-13-28(27)35-30(29)24-16-14-22(2)15-17-24/h6-17,23,31-32,35H,5,18-21H2,1-4H3. The van der Waals surface area contributed by atoms with E-state index in [9.17, 15) is 9.59 Å². The van der Waals surface area contributed by atoms with E-state index < -0.39 is 6.04 Å². The fourth-order valence-corrected chi connectivity index (χ4v) is 6.39. The maximum absolute atomic E-state index is 14.4. The summed E-state index contributed by atoms with van der Waals surface area (Å²) in [7, 11) is 2.09. The van der Waals surface area contributed by atoms with Gasteiger partial charge >= 0.3 is 0 Å². The van der Waals surface area contributed by atoms with Crippen molar-refractivity contribution in [3.63, 3.8) is 0 Å². The number of aromatic nitrogens is 1. The molecule has 3 heterocycles. The van der Waals surface area contributed by atoms with Crippen molar-refractivity contribution in [1.82, 2.24) is 19.7 Å². The number of amides is 2. The second-order valence-electron chi connectivity index (χ2n) is 11.5. The molecule has 6 heteroatoms. The van der Waals surface area contributed by atoms with E-state index in [-0.39, 0.29) is 23.8 Å². The molecule has 2 aliphatic rings. The second kappa shape index (κ2) is 10.6. The van der Waals surface area contributed by atoms with Gasteiger partial charge in [0.05, 0.1) is 11.7 Å². The fraction of sp³-hybridized carbons (Fsp3) is 0.353. The molecule has 0 saturated carbocycles. The number of nitrogens with zero attached hydrogens (tertiary/aromatic N) is 3. The van der Waals surface area contributed by atoms with E-state index in [4.69, 9.17) is 0 Å². The first-order valence-electron chi connectivity index (χ1n) is 14.5. The highest BCUT2D eigenvalue weighted by Gasteiger charge is 2.48. The molecule has 3 unspecified atom stereocenters. The number of rotatable bonds is 6. The van der Waals surface area contributed by atoms with Crippen LogP contribution in [0.1, 0.15) is 53.4 Å². The smallest absolute Gasteiger partial charge is 0.255 e. The largest absolute Gasteiger partial charge is 0.354 e. The Kier molecular flexibility index (Phi) is 6.97. The summed E-state index contributed by atoms with van der Waals surface area (Å²) in [6.45, 7) is 9.37. The summed E-state index contributed by atoms with van der Waals surface area (Å²) in [6.07, 6.45) is 0.801. The van der Waals surface area contributed by atoms with Crippen molar-refractivity contribution in [2.24, 2.45) is 5.92 Å². The van der Waals surface area contributed by atoms with Gasteiger partial charge in [0, 0.05) is 48.2 Å². The molecule has 40 heavy (non-hydrogen) atoms. The highest BCUT2D eigenvalue weighted by Crippen LogP contribution is 2.47. The molecule has 0 bridgehead atoms. The van der Waals surface area contributed by atoms with Gasteiger partial charge in [-0.15, -0.1) is 0 Å². The van der Waals surface area contributed by atoms with Gasteiger partial charge < -0.3 is 19.7 Å². The van der Waals surface area contributed by atoms with E-state index in [0.29, 0.717) is 18.7 Å². The minimum Gasteiger partial charge on any atom is -0.354 e. The Balaban J connectivity index is 1.56. The molecule has 3 aromatic carbocycles. The third-order valence-corrected chi connectivity index (χ3v) is 8.91. The molecule has 1 saturated heterocycles. The van der Waals surface area contributed by atoms with Crippen LogP contribution in [0.25, 0.3) is 22.2 Å². The summed E-state index contributed by atoms with van der Waals surface area (Å²) in [5.41, 5.74) is 6.98. The number of aromatic amines is 1. The van der Waals surface area contributed by atoms with E-state index in [1.807, 2.05) is 40.1 Å². The van der Waals surface area contributed by atoms with Crippen LogP contribution in [0.4, 0.5) is 0 Å². The number of para-hydroxylation sites is 1. The normalized spacial score (nSPS) is 19.2. The van der Waals surface area contributed by atoms with Crippen molar-refractivity contribution in [1.29, 1.82) is 0 Å². The molecule has 1 N–H and O–H groups in total. The van der Waals surface area contributed by atoms with Gasteiger partial charge in [-0.2, -0.15) is 0 Å². The number of piperazine rings is 1. The van der Waals surface area contributed by atoms with Gasteiger partial charge in [-0.3, -0.25) is 9.59 Å². The van der Waals surface area contributed by atoms with Crippen molar-refractivity contribution in [3.8, 4) is 11.3 Å². The fourth-order valence-electron chi connectivity index (χ4n) is 6.39. The van der Waals surface area contributed by atoms with Crippen LogP contribution in [0, 0.1) is 12.8 Å². The quantitative estimate of drug-likeness (QED) is 0.336. The van der Waals surface area contributed by atoms with Crippen LogP contribution in [0.2, 0.25) is 0 Å². The van der Waals surface area contributed by atoms with Crippen LogP contribution in [-0.2, 0) is 4.79 Å². The molecular formula is C34H38N4O2. The molecule has 0 spiro atoms. The molecule has 206 valence electrons. The van der Waals surface area contributed by atoms with Gasteiger partial charge in [-0.25, -0.2) is 0 Å². The van der Waals surface area contributed by atoms with Gasteiger partial charge in [0.1, 0.15) is 6.04 Å². The average Bonchev–Trinajstić information content (AvgIpc) is 3.49. The van der Waals surface area contributed by atoms with Crippen molar-refractivity contribution in [2.75, 3.05) is 33.2 Å². The molecule has 3 atom stereocenters. The SMILES string of the molecule is CCC(C)C(C(=O)N1CCN(C)CC1)N1C(=O)c2ccccc2C1c1c(-c2ccc(C)cc2)[nH]c2ccccc12. The Hall–Kier alpha value is -3.90. The van der Waals surface area contributed by atoms with Crippen molar-refractivity contribution >= 4 is 22.7 Å². The van der Waals surface area contributed by atoms with E-state index in [1.54, 1.807) is 0 Å². The zero-order chi connectivity index (χ0) is 28.0. The zero-order valence-electron chi connectivity index (χ0n) is 23.9. The number of likely N-dealkylation sites (N-methyl/N-ethyl adjacent to an activating group) is 1. The molecule has 6 nitrogen and oxygen atoms in total. The van der Waals surface area contributed by atoms with Crippen molar-refractivity contribution in [3.05, 3.63) is 95.1 Å². The number of benzene rings is 3. The first-order valence-corrected chi connectivity index (χ1v) is 14.5. The predicted molar refractivity (Wildman–Crippen MR) is 160 cm³/mol. The first kappa shape index (κ1) is 26.3. The summed E-state index contributed by atoms with van der Waals surface area (Å²) in [6, 6.07) is 23.8. The van der Waals surface area contributed by atoms with Crippen LogP contribution in [0.5, 0.6) is 0 Å². The number of aryl methyl sites for hydroxylation is 1. The highest BCUT2D eigenvalue weighted by atomic mass is 16.2. The summed E-state index contributed by atoms with van der Waals surface area (Å²) < 4.78 is 0. The van der Waals surface area contributed by atoms with Gasteiger partial charge in [0.25, 0.3) is 5.91 Å². The maximum Gasteiger partial charge on any atom is 0.255 e. The van der Waals surface area contributed by atoms with Gasteiger partial charge in [0.15, 0.2) is 0 Å². The lowest BCUT2D eigenvalue weighted by Gasteiger charge is -2.41. The Morgan fingerprint density at radius 3 is 2.35 bits per heavy atom. The van der Waals surface area contributed by atoms with Crippen molar-refractivity contribution in [2.45, 2.75) is 39.3 Å². The van der Waals surface area contributed by atoms with Gasteiger partial charge in [-0.1, -0.05) is 86.5 Å². The zero-order valence-corrected chi connectivity index (χ0v) is 23.9. The molecule has 1 aromatic heterocycles. The monoisotopic (exact) mass is 534 g/mol. The van der Waals surface area contributed by atoms with E-state index in [0.717, 1.165) is 52.8 Å². The van der Waals surface area contributed by atoms with Crippen LogP contribution in [0.15, 0.2) is 72.8 Å². The molecular weight excluding hydrogens is 496 g/mol. The topological polar surface area (TPSA) is 59.7 Å². The summed E-state index contributed by atoms with van der Waals surface area (Å²) >= 11 is 0. The van der Waals surface area contributed by atoms with Crippen LogP contribution in [0.3, 0.4) is 0 Å². The Morgan fingerprint density at radius 1 is 0.950 bits per heavy atom. The maximum atomic E-state index is 14.4. The molecule has 0 radical (unpaired) electrons. The molecule has 6 rings (SSSR count). The molecule has 1 fully saturated rings. The van der Waals surface area contributed by atoms with Crippen LogP contribution < -0.4 is 0 Å². The lowest BCUT2D eigenvalue weighted by Crippen LogP contribution is -2.57. The average molecular weight is 535 g/mol. The Bertz CT molecular complexity index is 1550. The Labute approximate surface area is 236 Å².